The molecule has 0 unspecified atom stereocenters. The number of para-hydroxylation sites is 1. The molecule has 0 aliphatic carbocycles. The molecule has 0 heterocycles. The van der Waals surface area contributed by atoms with Crippen molar-refractivity contribution < 1.29 is 0 Å². The number of benzene rings is 2. The highest BCUT2D eigenvalue weighted by molar-refractivity contribution is 5.48. The molecule has 0 saturated heterocycles. The average molecular weight is 226 g/mol. The first kappa shape index (κ1) is 11.7. The molecule has 0 aliphatic rings. The molecule has 0 fully saturated rings. The maximum Gasteiger partial charge on any atom is 0.0753 e. The van der Waals surface area contributed by atoms with E-state index in [0.29, 0.717) is 0 Å². The van der Waals surface area contributed by atoms with Crippen LogP contribution in [0.15, 0.2) is 60.7 Å². The van der Waals surface area contributed by atoms with Crippen molar-refractivity contribution in [3.8, 4) is 0 Å². The predicted octanol–water partition coefficient (Wildman–Crippen LogP) is 3.30. The van der Waals surface area contributed by atoms with Gasteiger partial charge in [0, 0.05) is 0 Å². The normalized spacial score (nSPS) is 11.2. The summed E-state index contributed by atoms with van der Waals surface area (Å²) in [4.78, 5) is 0. The van der Waals surface area contributed by atoms with Crippen LogP contribution in [0.5, 0.6) is 0 Å². The average Bonchev–Trinajstić information content (AvgIpc) is 2.40. The van der Waals surface area contributed by atoms with E-state index in [1.165, 1.54) is 5.56 Å². The number of rotatable bonds is 3. The molecule has 2 N–H and O–H groups in total. The second-order valence-corrected chi connectivity index (χ2v) is 4.63. The van der Waals surface area contributed by atoms with Gasteiger partial charge in [-0.25, -0.2) is 5.84 Å². The van der Waals surface area contributed by atoms with E-state index in [2.05, 4.69) is 26.0 Å². The molecule has 88 valence electrons. The quantitative estimate of drug-likeness (QED) is 0.642. The standard InChI is InChI=1S/C15H18N2/c1-15(2,13-9-5-3-6-10-13)17(16)14-11-7-4-8-12-14/h3-12H,16H2,1-2H3. The van der Waals surface area contributed by atoms with Crippen molar-refractivity contribution in [3.63, 3.8) is 0 Å². The van der Waals surface area contributed by atoms with Crippen LogP contribution in [0.3, 0.4) is 0 Å². The zero-order chi connectivity index (χ0) is 12.3. The van der Waals surface area contributed by atoms with Gasteiger partial charge in [0.15, 0.2) is 0 Å². The fourth-order valence-electron chi connectivity index (χ4n) is 1.90. The Morgan fingerprint density at radius 2 is 1.29 bits per heavy atom. The van der Waals surface area contributed by atoms with Crippen LogP contribution in [0, 0.1) is 0 Å². The first-order valence-corrected chi connectivity index (χ1v) is 5.78. The van der Waals surface area contributed by atoms with E-state index in [1.54, 1.807) is 0 Å². The third-order valence-corrected chi connectivity index (χ3v) is 3.12. The summed E-state index contributed by atoms with van der Waals surface area (Å²) >= 11 is 0. The van der Waals surface area contributed by atoms with Gasteiger partial charge < -0.3 is 5.01 Å². The molecule has 2 heteroatoms. The smallest absolute Gasteiger partial charge is 0.0753 e. The van der Waals surface area contributed by atoms with Crippen LogP contribution in [0.4, 0.5) is 5.69 Å². The van der Waals surface area contributed by atoms with Gasteiger partial charge in [-0.2, -0.15) is 0 Å². The summed E-state index contributed by atoms with van der Waals surface area (Å²) in [7, 11) is 0. The zero-order valence-electron chi connectivity index (χ0n) is 10.3. The molecule has 0 atom stereocenters. The van der Waals surface area contributed by atoms with Crippen LogP contribution in [0.1, 0.15) is 19.4 Å². The summed E-state index contributed by atoms with van der Waals surface area (Å²) in [5.74, 6) is 6.24. The van der Waals surface area contributed by atoms with E-state index in [4.69, 9.17) is 5.84 Å². The third-order valence-electron chi connectivity index (χ3n) is 3.12. The number of nitrogens with two attached hydrogens (primary N) is 1. The maximum absolute atomic E-state index is 6.24. The van der Waals surface area contributed by atoms with Gasteiger partial charge in [-0.1, -0.05) is 48.5 Å². The Hall–Kier alpha value is -1.80. The van der Waals surface area contributed by atoms with Gasteiger partial charge in [-0.05, 0) is 31.5 Å². The van der Waals surface area contributed by atoms with Crippen LogP contribution >= 0.6 is 0 Å². The van der Waals surface area contributed by atoms with Gasteiger partial charge in [0.2, 0.25) is 0 Å². The van der Waals surface area contributed by atoms with E-state index in [-0.39, 0.29) is 5.54 Å². The highest BCUT2D eigenvalue weighted by Gasteiger charge is 2.26. The van der Waals surface area contributed by atoms with Crippen molar-refractivity contribution in [2.75, 3.05) is 5.01 Å². The summed E-state index contributed by atoms with van der Waals surface area (Å²) in [6.07, 6.45) is 0. The Kier molecular flexibility index (Phi) is 3.16. The van der Waals surface area contributed by atoms with Crippen LogP contribution in [-0.4, -0.2) is 0 Å². The van der Waals surface area contributed by atoms with E-state index >= 15 is 0 Å². The van der Waals surface area contributed by atoms with E-state index in [0.717, 1.165) is 5.69 Å². The fraction of sp³-hybridized carbons (Fsp3) is 0.200. The van der Waals surface area contributed by atoms with Crippen molar-refractivity contribution in [3.05, 3.63) is 66.2 Å². The molecule has 0 bridgehead atoms. The lowest BCUT2D eigenvalue weighted by molar-refractivity contribution is 0.490. The molecule has 2 aromatic rings. The third kappa shape index (κ3) is 2.32. The lowest BCUT2D eigenvalue weighted by Gasteiger charge is -2.37. The number of nitrogens with zero attached hydrogens (tertiary/aromatic N) is 1. The largest absolute Gasteiger partial charge is 0.301 e. The number of anilines is 1. The molecule has 0 amide bonds. The molecule has 0 spiro atoms. The molecular weight excluding hydrogens is 208 g/mol. The molecule has 2 nitrogen and oxygen atoms in total. The van der Waals surface area contributed by atoms with Crippen molar-refractivity contribution in [1.29, 1.82) is 0 Å². The van der Waals surface area contributed by atoms with E-state index in [1.807, 2.05) is 53.5 Å². The second-order valence-electron chi connectivity index (χ2n) is 4.63. The van der Waals surface area contributed by atoms with Crippen LogP contribution in [0.25, 0.3) is 0 Å². The SMILES string of the molecule is CC(C)(c1ccccc1)N(N)c1ccccc1. The molecule has 2 aromatic carbocycles. The summed E-state index contributed by atoms with van der Waals surface area (Å²) in [5.41, 5.74) is 1.98. The molecule has 0 aromatic heterocycles. The molecule has 2 rings (SSSR count). The fourth-order valence-corrected chi connectivity index (χ4v) is 1.90. The maximum atomic E-state index is 6.24. The lowest BCUT2D eigenvalue weighted by Crippen LogP contribution is -2.46. The molecule has 0 radical (unpaired) electrons. The van der Waals surface area contributed by atoms with Gasteiger partial charge in [-0.15, -0.1) is 0 Å². The topological polar surface area (TPSA) is 29.3 Å². The highest BCUT2D eigenvalue weighted by atomic mass is 15.4. The Morgan fingerprint density at radius 1 is 0.824 bits per heavy atom. The molecular formula is C15H18N2. The highest BCUT2D eigenvalue weighted by Crippen LogP contribution is 2.29. The Morgan fingerprint density at radius 3 is 1.82 bits per heavy atom. The van der Waals surface area contributed by atoms with Gasteiger partial charge >= 0.3 is 0 Å². The van der Waals surface area contributed by atoms with E-state index < -0.39 is 0 Å². The number of hydrogen-bond acceptors (Lipinski definition) is 2. The Labute approximate surface area is 103 Å². The lowest BCUT2D eigenvalue weighted by atomic mass is 9.93. The number of hydrogen-bond donors (Lipinski definition) is 1. The minimum absolute atomic E-state index is 0.234. The van der Waals surface area contributed by atoms with E-state index in [9.17, 15) is 0 Å². The van der Waals surface area contributed by atoms with Gasteiger partial charge in [-0.3, -0.25) is 0 Å². The van der Waals surface area contributed by atoms with Crippen molar-refractivity contribution in [2.24, 2.45) is 5.84 Å². The van der Waals surface area contributed by atoms with Gasteiger partial charge in [0.05, 0.1) is 11.2 Å². The summed E-state index contributed by atoms with van der Waals surface area (Å²) in [6, 6.07) is 20.3. The van der Waals surface area contributed by atoms with Crippen LogP contribution < -0.4 is 10.9 Å². The van der Waals surface area contributed by atoms with Crippen molar-refractivity contribution in [1.82, 2.24) is 0 Å². The molecule has 17 heavy (non-hydrogen) atoms. The predicted molar refractivity (Wildman–Crippen MR) is 72.6 cm³/mol. The van der Waals surface area contributed by atoms with Crippen molar-refractivity contribution >= 4 is 5.69 Å². The van der Waals surface area contributed by atoms with Crippen molar-refractivity contribution in [2.45, 2.75) is 19.4 Å². The first-order valence-electron chi connectivity index (χ1n) is 5.78. The minimum Gasteiger partial charge on any atom is -0.301 e. The van der Waals surface area contributed by atoms with Gasteiger partial charge in [0.1, 0.15) is 0 Å². The summed E-state index contributed by atoms with van der Waals surface area (Å²) in [5, 5.41) is 1.81. The summed E-state index contributed by atoms with van der Waals surface area (Å²) < 4.78 is 0. The monoisotopic (exact) mass is 226 g/mol. The second kappa shape index (κ2) is 4.60. The minimum atomic E-state index is -0.234. The molecule has 0 aliphatic heterocycles. The Bertz CT molecular complexity index is 463. The number of hydrazine groups is 1. The Balaban J connectivity index is 2.33. The molecule has 0 saturated carbocycles. The van der Waals surface area contributed by atoms with Crippen LogP contribution in [-0.2, 0) is 5.54 Å². The summed E-state index contributed by atoms with van der Waals surface area (Å²) in [6.45, 7) is 4.24. The van der Waals surface area contributed by atoms with Crippen LogP contribution in [0.2, 0.25) is 0 Å². The zero-order valence-corrected chi connectivity index (χ0v) is 10.3. The van der Waals surface area contributed by atoms with Gasteiger partial charge in [0.25, 0.3) is 0 Å². The first-order chi connectivity index (χ1) is 8.12.